The molecule has 0 aliphatic carbocycles. The van der Waals surface area contributed by atoms with Crippen molar-refractivity contribution in [2.75, 3.05) is 38.1 Å². The van der Waals surface area contributed by atoms with Crippen LogP contribution >= 0.6 is 11.3 Å². The number of benzene rings is 1. The molecule has 1 saturated heterocycles. The number of nitrogens with zero attached hydrogens (tertiary/aromatic N) is 4. The van der Waals surface area contributed by atoms with E-state index in [1.807, 2.05) is 6.20 Å². The molecule has 0 radical (unpaired) electrons. The Kier molecular flexibility index (Phi) is 7.03. The minimum absolute atomic E-state index is 0.0625. The van der Waals surface area contributed by atoms with Crippen LogP contribution < -0.4 is 4.90 Å². The minimum atomic E-state index is -2.46. The van der Waals surface area contributed by atoms with Gasteiger partial charge in [-0.15, -0.1) is 11.3 Å². The zero-order chi connectivity index (χ0) is 21.9. The monoisotopic (exact) mass is 432 g/mol. The first kappa shape index (κ1) is 22.6. The highest BCUT2D eigenvalue weighted by Gasteiger charge is 2.16. The van der Waals surface area contributed by atoms with Gasteiger partial charge in [0.15, 0.2) is 0 Å². The van der Waals surface area contributed by atoms with Crippen molar-refractivity contribution < 1.29 is 8.78 Å². The smallest absolute Gasteiger partial charge is 0.245 e. The first-order valence-corrected chi connectivity index (χ1v) is 11.1. The maximum Gasteiger partial charge on any atom is 0.245 e. The summed E-state index contributed by atoms with van der Waals surface area (Å²) in [7, 11) is 2.17. The van der Waals surface area contributed by atoms with E-state index < -0.39 is 5.92 Å². The lowest BCUT2D eigenvalue weighted by molar-refractivity contribution is 0.0181. The molecule has 3 heterocycles. The van der Waals surface area contributed by atoms with E-state index >= 15 is 0 Å². The van der Waals surface area contributed by atoms with Gasteiger partial charge >= 0.3 is 0 Å². The summed E-state index contributed by atoms with van der Waals surface area (Å²) in [6.07, 6.45) is 1.90. The third-order valence-electron chi connectivity index (χ3n) is 5.27. The summed E-state index contributed by atoms with van der Waals surface area (Å²) in [5.74, 6) is -1.39. The number of hydrogen-bond donors (Lipinski definition) is 0. The zero-order valence-electron chi connectivity index (χ0n) is 18.4. The summed E-state index contributed by atoms with van der Waals surface area (Å²) in [5.41, 5.74) is 4.75. The fraction of sp³-hybridized carbons (Fsp3) is 0.478. The second-order valence-corrected chi connectivity index (χ2v) is 9.10. The van der Waals surface area contributed by atoms with Gasteiger partial charge in [0.2, 0.25) is 5.92 Å². The van der Waals surface area contributed by atoms with Gasteiger partial charge < -0.3 is 9.80 Å². The molecule has 1 aromatic carbocycles. The Morgan fingerprint density at radius 1 is 1.10 bits per heavy atom. The van der Waals surface area contributed by atoms with E-state index in [2.05, 4.69) is 59.9 Å². The lowest BCUT2D eigenvalue weighted by Crippen LogP contribution is -2.44. The molecule has 7 heteroatoms. The lowest BCUT2D eigenvalue weighted by atomic mass is 10.1. The molecule has 0 amide bonds. The number of pyridine rings is 1. The Bertz CT molecular complexity index is 971. The van der Waals surface area contributed by atoms with E-state index in [9.17, 15) is 8.78 Å². The van der Waals surface area contributed by atoms with Crippen LogP contribution in [0.2, 0.25) is 0 Å². The molecular weight excluding hydrogens is 402 g/mol. The lowest BCUT2D eigenvalue weighted by Gasteiger charge is -2.33. The topological polar surface area (TPSA) is 32.3 Å². The van der Waals surface area contributed by atoms with Crippen molar-refractivity contribution >= 4 is 27.4 Å². The van der Waals surface area contributed by atoms with Crippen molar-refractivity contribution in [1.82, 2.24) is 14.9 Å². The number of aryl methyl sites for hydroxylation is 2. The second kappa shape index (κ2) is 9.35. The number of thiazole rings is 1. The van der Waals surface area contributed by atoms with Crippen LogP contribution in [0.15, 0.2) is 30.5 Å². The summed E-state index contributed by atoms with van der Waals surface area (Å²) in [5, 5.41) is 1.05. The van der Waals surface area contributed by atoms with E-state index in [4.69, 9.17) is 4.98 Å². The van der Waals surface area contributed by atoms with Gasteiger partial charge in [0.1, 0.15) is 10.8 Å². The minimum Gasteiger partial charge on any atom is -0.354 e. The average molecular weight is 433 g/mol. The van der Waals surface area contributed by atoms with Crippen LogP contribution in [0, 0.1) is 13.8 Å². The van der Waals surface area contributed by atoms with E-state index in [1.165, 1.54) is 22.8 Å². The molecule has 1 aliphatic heterocycles. The van der Waals surface area contributed by atoms with Gasteiger partial charge in [-0.2, -0.15) is 0 Å². The number of aromatic nitrogens is 2. The summed E-state index contributed by atoms with van der Waals surface area (Å²) >= 11 is 1.75. The van der Waals surface area contributed by atoms with Gasteiger partial charge in [-0.3, -0.25) is 0 Å². The van der Waals surface area contributed by atoms with Crippen LogP contribution in [0.1, 0.15) is 31.4 Å². The van der Waals surface area contributed by atoms with Crippen molar-refractivity contribution in [3.63, 3.8) is 0 Å². The van der Waals surface area contributed by atoms with Crippen molar-refractivity contribution in [2.45, 2.75) is 40.0 Å². The van der Waals surface area contributed by atoms with Crippen molar-refractivity contribution in [3.05, 3.63) is 41.6 Å². The highest BCUT2D eigenvalue weighted by Crippen LogP contribution is 2.32. The normalized spacial score (nSPS) is 15.2. The van der Waals surface area contributed by atoms with Gasteiger partial charge in [0, 0.05) is 44.4 Å². The zero-order valence-corrected chi connectivity index (χ0v) is 19.2. The molecule has 0 spiro atoms. The van der Waals surface area contributed by atoms with Crippen LogP contribution in [0.25, 0.3) is 20.8 Å². The second-order valence-electron chi connectivity index (χ2n) is 8.07. The summed E-state index contributed by atoms with van der Waals surface area (Å²) in [6, 6.07) is 8.70. The number of piperazine rings is 1. The van der Waals surface area contributed by atoms with Crippen LogP contribution in [-0.4, -0.2) is 54.0 Å². The van der Waals surface area contributed by atoms with E-state index in [0.717, 1.165) is 55.0 Å². The standard InChI is InChI=1S/C19H22N4S.C4H8F2/c1-13-10-14(2)18-16(11-13)24-19(21-18)15-4-5-17(20-12-15)23-8-6-22(3)7-9-23;1-3-4(2,5)6/h4-5,10-12H,6-9H2,1-3H3;3H2,1-2H3. The molecule has 0 saturated carbocycles. The van der Waals surface area contributed by atoms with Gasteiger partial charge in [-0.05, 0) is 57.1 Å². The van der Waals surface area contributed by atoms with Crippen LogP contribution in [0.5, 0.6) is 0 Å². The largest absolute Gasteiger partial charge is 0.354 e. The fourth-order valence-electron chi connectivity index (χ4n) is 3.23. The molecule has 0 atom stereocenters. The van der Waals surface area contributed by atoms with E-state index in [-0.39, 0.29) is 6.42 Å². The number of rotatable bonds is 3. The molecule has 4 rings (SSSR count). The molecule has 0 N–H and O–H groups in total. The molecule has 4 nitrogen and oxygen atoms in total. The first-order valence-electron chi connectivity index (χ1n) is 10.3. The first-order chi connectivity index (χ1) is 14.2. The summed E-state index contributed by atoms with van der Waals surface area (Å²) in [6.45, 7) is 10.9. The van der Waals surface area contributed by atoms with Gasteiger partial charge in [0.05, 0.1) is 10.2 Å². The number of likely N-dealkylation sites (N-methyl/N-ethyl adjacent to an activating group) is 1. The number of halogens is 2. The van der Waals surface area contributed by atoms with Crippen molar-refractivity contribution in [3.8, 4) is 10.6 Å². The van der Waals surface area contributed by atoms with Gasteiger partial charge in [-0.1, -0.05) is 13.0 Å². The third kappa shape index (κ3) is 5.73. The molecule has 0 bridgehead atoms. The van der Waals surface area contributed by atoms with Crippen LogP contribution in [0.4, 0.5) is 14.6 Å². The fourth-order valence-corrected chi connectivity index (χ4v) is 4.36. The molecule has 0 unspecified atom stereocenters. The Morgan fingerprint density at radius 2 is 1.77 bits per heavy atom. The molecule has 162 valence electrons. The Balaban J connectivity index is 0.000000377. The number of hydrogen-bond acceptors (Lipinski definition) is 5. The predicted octanol–water partition coefficient (Wildman–Crippen LogP) is 5.78. The number of fused-ring (bicyclic) bond motifs is 1. The maximum absolute atomic E-state index is 11.5. The molecule has 3 aromatic rings. The van der Waals surface area contributed by atoms with E-state index in [1.54, 1.807) is 11.3 Å². The van der Waals surface area contributed by atoms with Gasteiger partial charge in [0.25, 0.3) is 0 Å². The average Bonchev–Trinajstić information content (AvgIpc) is 3.13. The highest BCUT2D eigenvalue weighted by molar-refractivity contribution is 7.21. The Hall–Kier alpha value is -2.12. The van der Waals surface area contributed by atoms with Crippen LogP contribution in [-0.2, 0) is 0 Å². The maximum atomic E-state index is 11.5. The predicted molar refractivity (Wildman–Crippen MR) is 123 cm³/mol. The Labute approximate surface area is 181 Å². The summed E-state index contributed by atoms with van der Waals surface area (Å²) in [4.78, 5) is 14.2. The van der Waals surface area contributed by atoms with Gasteiger partial charge in [-0.25, -0.2) is 18.7 Å². The molecule has 1 aliphatic rings. The van der Waals surface area contributed by atoms with Crippen molar-refractivity contribution in [1.29, 1.82) is 0 Å². The van der Waals surface area contributed by atoms with Crippen molar-refractivity contribution in [2.24, 2.45) is 0 Å². The SMILES string of the molecule is CCC(C)(F)F.Cc1cc(C)c2nc(-c3ccc(N4CCN(C)CC4)nc3)sc2c1. The third-order valence-corrected chi connectivity index (χ3v) is 6.32. The number of alkyl halides is 2. The number of anilines is 1. The highest BCUT2D eigenvalue weighted by atomic mass is 32.1. The molecular formula is C23H30F2N4S. The molecule has 1 fully saturated rings. The van der Waals surface area contributed by atoms with E-state index in [0.29, 0.717) is 0 Å². The quantitative estimate of drug-likeness (QED) is 0.525. The summed E-state index contributed by atoms with van der Waals surface area (Å²) < 4.78 is 24.2. The molecule has 2 aromatic heterocycles. The Morgan fingerprint density at radius 3 is 2.33 bits per heavy atom. The van der Waals surface area contributed by atoms with Crippen LogP contribution in [0.3, 0.4) is 0 Å². The molecule has 30 heavy (non-hydrogen) atoms.